The average Bonchev–Trinajstić information content (AvgIpc) is 3.03. The topological polar surface area (TPSA) is 148 Å². The van der Waals surface area contributed by atoms with Crippen molar-refractivity contribution in [1.82, 2.24) is 20.0 Å². The summed E-state index contributed by atoms with van der Waals surface area (Å²) in [6.07, 6.45) is 0.983. The first-order valence-corrected chi connectivity index (χ1v) is 8.71. The highest BCUT2D eigenvalue weighted by molar-refractivity contribution is 8.00. The minimum Gasteiger partial charge on any atom is -0.477 e. The Morgan fingerprint density at radius 3 is 2.81 bits per heavy atom. The molecular formula is C14H15N5O6S. The Morgan fingerprint density at radius 1 is 1.54 bits per heavy atom. The van der Waals surface area contributed by atoms with E-state index in [0.717, 1.165) is 11.1 Å². The monoisotopic (exact) mass is 381 g/mol. The van der Waals surface area contributed by atoms with Crippen LogP contribution in [0.5, 0.6) is 0 Å². The van der Waals surface area contributed by atoms with E-state index in [4.69, 9.17) is 0 Å². The van der Waals surface area contributed by atoms with Crippen molar-refractivity contribution in [2.45, 2.75) is 31.8 Å². The number of carbonyl (C=O) groups is 3. The summed E-state index contributed by atoms with van der Waals surface area (Å²) in [4.78, 5) is 47.8. The van der Waals surface area contributed by atoms with Crippen LogP contribution in [0.15, 0.2) is 17.5 Å². The van der Waals surface area contributed by atoms with Gasteiger partial charge >= 0.3 is 11.7 Å². The number of nitrogens with zero attached hydrogens (tertiary/aromatic N) is 4. The molecule has 2 N–H and O–H groups in total. The van der Waals surface area contributed by atoms with Crippen LogP contribution in [-0.2, 0) is 16.1 Å². The van der Waals surface area contributed by atoms with Gasteiger partial charge in [0.15, 0.2) is 0 Å². The normalized spacial score (nSPS) is 21.9. The Bertz CT molecular complexity index is 862. The van der Waals surface area contributed by atoms with Crippen molar-refractivity contribution < 1.29 is 24.4 Å². The third-order valence-corrected chi connectivity index (χ3v) is 5.60. The summed E-state index contributed by atoms with van der Waals surface area (Å²) in [6, 6.07) is -0.949. The zero-order valence-corrected chi connectivity index (χ0v) is 14.6. The molecule has 1 fully saturated rings. The second kappa shape index (κ2) is 6.44. The molecule has 0 spiro atoms. The fourth-order valence-corrected chi connectivity index (χ4v) is 4.26. The van der Waals surface area contributed by atoms with Crippen LogP contribution in [0, 0.1) is 10.1 Å². The lowest BCUT2D eigenvalue weighted by Gasteiger charge is -2.49. The molecule has 0 saturated carbocycles. The first-order valence-electron chi connectivity index (χ1n) is 7.66. The van der Waals surface area contributed by atoms with E-state index in [1.165, 1.54) is 16.4 Å². The second-order valence-electron chi connectivity index (χ2n) is 5.75. The van der Waals surface area contributed by atoms with E-state index in [9.17, 15) is 29.6 Å². The number of aromatic nitrogens is 2. The Kier molecular flexibility index (Phi) is 4.44. The van der Waals surface area contributed by atoms with Crippen molar-refractivity contribution >= 4 is 35.2 Å². The summed E-state index contributed by atoms with van der Waals surface area (Å²) in [6.45, 7) is 3.55. The van der Waals surface area contributed by atoms with E-state index in [1.54, 1.807) is 13.8 Å². The first kappa shape index (κ1) is 17.9. The lowest BCUT2D eigenvalue weighted by Crippen LogP contribution is -2.70. The third-order valence-electron chi connectivity index (χ3n) is 4.18. The number of nitrogens with one attached hydrogen (secondary N) is 1. The SMILES string of the molecule is CCn1ncc([N+](=O)[O-])c1C(=O)N[C@@H]1C(=O)N2C(C(=O)O)=C(C)CS[C@H]12. The number of nitro groups is 1. The minimum absolute atomic E-state index is 0.0752. The fourth-order valence-electron chi connectivity index (χ4n) is 2.97. The molecule has 0 aliphatic carbocycles. The van der Waals surface area contributed by atoms with Gasteiger partial charge in [0.25, 0.3) is 11.8 Å². The standard InChI is InChI=1S/C14H15N5O6S/c1-3-17-10(7(4-15-17)19(24)25)11(20)16-8-12(21)18-9(14(22)23)6(2)5-26-13(8)18/h4,8,13H,3,5H2,1-2H3,(H,16,20)(H,22,23)/t8-,13-/m1/s1. The van der Waals surface area contributed by atoms with Gasteiger partial charge in [-0.2, -0.15) is 5.10 Å². The fraction of sp³-hybridized carbons (Fsp3) is 0.429. The van der Waals surface area contributed by atoms with Crippen LogP contribution in [0.3, 0.4) is 0 Å². The number of carboxylic acid groups (broad SMARTS) is 1. The summed E-state index contributed by atoms with van der Waals surface area (Å²) in [5.74, 6) is -2.14. The molecule has 1 aromatic rings. The van der Waals surface area contributed by atoms with E-state index in [1.807, 2.05) is 0 Å². The lowest BCUT2D eigenvalue weighted by atomic mass is 10.0. The van der Waals surface area contributed by atoms with Gasteiger partial charge in [0.05, 0.1) is 4.92 Å². The summed E-state index contributed by atoms with van der Waals surface area (Å²) >= 11 is 1.33. The second-order valence-corrected chi connectivity index (χ2v) is 6.85. The number of hydrogen-bond donors (Lipinski definition) is 2. The van der Waals surface area contributed by atoms with Gasteiger partial charge in [-0.05, 0) is 19.4 Å². The van der Waals surface area contributed by atoms with Gasteiger partial charge in [0.2, 0.25) is 5.69 Å². The van der Waals surface area contributed by atoms with E-state index < -0.39 is 39.8 Å². The zero-order valence-electron chi connectivity index (χ0n) is 13.8. The quantitative estimate of drug-likeness (QED) is 0.417. The maximum atomic E-state index is 12.5. The van der Waals surface area contributed by atoms with Crippen molar-refractivity contribution in [3.63, 3.8) is 0 Å². The highest BCUT2D eigenvalue weighted by Crippen LogP contribution is 2.40. The lowest BCUT2D eigenvalue weighted by molar-refractivity contribution is -0.385. The molecule has 1 aromatic heterocycles. The zero-order chi connectivity index (χ0) is 19.2. The molecule has 0 bridgehead atoms. The molecule has 3 heterocycles. The smallest absolute Gasteiger partial charge is 0.352 e. The third kappa shape index (κ3) is 2.62. The number of aryl methyl sites for hydroxylation is 1. The van der Waals surface area contributed by atoms with Crippen LogP contribution in [0.2, 0.25) is 0 Å². The Morgan fingerprint density at radius 2 is 2.23 bits per heavy atom. The molecule has 138 valence electrons. The van der Waals surface area contributed by atoms with Crippen molar-refractivity contribution in [3.8, 4) is 0 Å². The highest BCUT2D eigenvalue weighted by Gasteiger charge is 2.54. The van der Waals surface area contributed by atoms with Crippen molar-refractivity contribution in [2.24, 2.45) is 0 Å². The molecule has 2 aliphatic rings. The molecule has 2 amide bonds. The molecule has 3 rings (SSSR count). The number of hydrogen-bond acceptors (Lipinski definition) is 7. The Balaban J connectivity index is 1.83. The molecule has 0 aromatic carbocycles. The van der Waals surface area contributed by atoms with Gasteiger partial charge in [0.1, 0.15) is 23.3 Å². The molecule has 11 nitrogen and oxygen atoms in total. The predicted molar refractivity (Wildman–Crippen MR) is 89.2 cm³/mol. The van der Waals surface area contributed by atoms with E-state index in [2.05, 4.69) is 10.4 Å². The van der Waals surface area contributed by atoms with E-state index >= 15 is 0 Å². The summed E-state index contributed by atoms with van der Waals surface area (Å²) in [5, 5.41) is 26.1. The first-order chi connectivity index (χ1) is 12.3. The molecule has 0 unspecified atom stereocenters. The maximum Gasteiger partial charge on any atom is 0.352 e. The van der Waals surface area contributed by atoms with Crippen LogP contribution < -0.4 is 5.32 Å². The molecule has 2 atom stereocenters. The van der Waals surface area contributed by atoms with Crippen LogP contribution >= 0.6 is 11.8 Å². The summed E-state index contributed by atoms with van der Waals surface area (Å²) in [7, 11) is 0. The Hall–Kier alpha value is -2.89. The molecule has 1 saturated heterocycles. The molecule has 2 aliphatic heterocycles. The van der Waals surface area contributed by atoms with Crippen molar-refractivity contribution in [3.05, 3.63) is 33.3 Å². The largest absolute Gasteiger partial charge is 0.477 e. The van der Waals surface area contributed by atoms with Crippen molar-refractivity contribution in [1.29, 1.82) is 0 Å². The van der Waals surface area contributed by atoms with Gasteiger partial charge in [-0.25, -0.2) is 4.79 Å². The number of thioether (sulfide) groups is 1. The number of carboxylic acids is 1. The number of carbonyl (C=O) groups excluding carboxylic acids is 2. The van der Waals surface area contributed by atoms with Crippen LogP contribution in [-0.4, -0.2) is 59.7 Å². The number of β-lactam (4-membered cyclic amide) rings is 1. The number of rotatable bonds is 5. The summed E-state index contributed by atoms with van der Waals surface area (Å²) < 4.78 is 1.18. The van der Waals surface area contributed by atoms with Crippen LogP contribution in [0.4, 0.5) is 5.69 Å². The van der Waals surface area contributed by atoms with Crippen molar-refractivity contribution in [2.75, 3.05) is 5.75 Å². The molecule has 0 radical (unpaired) electrons. The van der Waals surface area contributed by atoms with Gasteiger partial charge in [-0.1, -0.05) is 0 Å². The number of fused-ring (bicyclic) bond motifs is 1. The molecule has 26 heavy (non-hydrogen) atoms. The number of aliphatic carboxylic acids is 1. The van der Waals surface area contributed by atoms with E-state index in [-0.39, 0.29) is 17.9 Å². The van der Waals surface area contributed by atoms with E-state index in [0.29, 0.717) is 11.3 Å². The van der Waals surface area contributed by atoms with Gasteiger partial charge < -0.3 is 10.4 Å². The van der Waals surface area contributed by atoms with Gasteiger partial charge in [0, 0.05) is 12.3 Å². The maximum absolute atomic E-state index is 12.5. The predicted octanol–water partition coefficient (Wildman–Crippen LogP) is 0.183. The molecule has 12 heteroatoms. The Labute approximate surface area is 151 Å². The van der Waals surface area contributed by atoms with Gasteiger partial charge in [-0.3, -0.25) is 29.3 Å². The summed E-state index contributed by atoms with van der Waals surface area (Å²) in [5.41, 5.74) is -0.202. The van der Waals surface area contributed by atoms with Crippen LogP contribution in [0.1, 0.15) is 24.3 Å². The number of amides is 2. The van der Waals surface area contributed by atoms with Gasteiger partial charge in [-0.15, -0.1) is 11.8 Å². The highest BCUT2D eigenvalue weighted by atomic mass is 32.2. The molecular weight excluding hydrogens is 366 g/mol. The van der Waals surface area contributed by atoms with Crippen LogP contribution in [0.25, 0.3) is 0 Å². The minimum atomic E-state index is -1.20. The average molecular weight is 381 g/mol.